The fraction of sp³-hybridized carbons (Fsp3) is 0.647. The molecule has 14 heteroatoms. The Morgan fingerprint density at radius 3 is 1.61 bits per heavy atom. The van der Waals surface area contributed by atoms with Crippen LogP contribution in [0.2, 0.25) is 0 Å². The molecule has 1 N–H and O–H groups in total. The van der Waals surface area contributed by atoms with Crippen LogP contribution in [0.5, 0.6) is 0 Å². The largest absolute Gasteiger partial charge is 0.460 e. The molecule has 0 saturated carbocycles. The molecular formula is C17H15F13O. The molecule has 0 aliphatic carbocycles. The van der Waals surface area contributed by atoms with Crippen molar-refractivity contribution in [3.63, 3.8) is 0 Å². The second-order valence-corrected chi connectivity index (χ2v) is 6.75. The lowest BCUT2D eigenvalue weighted by atomic mass is 9.83. The molecule has 180 valence electrons. The van der Waals surface area contributed by atoms with Gasteiger partial charge in [-0.3, -0.25) is 0 Å². The van der Waals surface area contributed by atoms with Gasteiger partial charge in [0.05, 0.1) is 12.0 Å². The van der Waals surface area contributed by atoms with E-state index in [1.165, 1.54) is 6.07 Å². The highest BCUT2D eigenvalue weighted by Crippen LogP contribution is 2.61. The topological polar surface area (TPSA) is 20.2 Å². The van der Waals surface area contributed by atoms with Gasteiger partial charge >= 0.3 is 35.8 Å². The number of rotatable bonds is 8. The molecule has 2 unspecified atom stereocenters. The number of benzene rings is 1. The van der Waals surface area contributed by atoms with E-state index in [-0.39, 0.29) is 13.3 Å². The summed E-state index contributed by atoms with van der Waals surface area (Å²) in [7, 11) is 0. The molecule has 2 atom stereocenters. The summed E-state index contributed by atoms with van der Waals surface area (Å²) in [6, 6.07) is 4.47. The molecule has 1 aromatic carbocycles. The Balaban J connectivity index is 3.47. The number of alkyl halides is 13. The van der Waals surface area contributed by atoms with Crippen LogP contribution in [0.3, 0.4) is 0 Å². The van der Waals surface area contributed by atoms with E-state index in [9.17, 15) is 62.2 Å². The van der Waals surface area contributed by atoms with Gasteiger partial charge < -0.3 is 5.11 Å². The molecule has 31 heavy (non-hydrogen) atoms. The third-order valence-corrected chi connectivity index (χ3v) is 4.70. The number of aryl methyl sites for hydroxylation is 1. The Labute approximate surface area is 166 Å². The predicted molar refractivity (Wildman–Crippen MR) is 80.7 cm³/mol. The maximum absolute atomic E-state index is 14.2. The number of halogens is 13. The average Bonchev–Trinajstić information content (AvgIpc) is 2.65. The van der Waals surface area contributed by atoms with Crippen molar-refractivity contribution in [2.45, 2.75) is 62.2 Å². The minimum atomic E-state index is -7.96. The molecule has 0 bridgehead atoms. The lowest BCUT2D eigenvalue weighted by Crippen LogP contribution is -2.71. The van der Waals surface area contributed by atoms with Crippen LogP contribution in [-0.4, -0.2) is 40.9 Å². The molecule has 0 heterocycles. The minimum Gasteiger partial charge on any atom is -0.388 e. The highest BCUT2D eigenvalue weighted by atomic mass is 19.4. The van der Waals surface area contributed by atoms with Crippen LogP contribution in [0.1, 0.15) is 31.1 Å². The summed E-state index contributed by atoms with van der Waals surface area (Å²) in [5, 5.41) is 9.89. The van der Waals surface area contributed by atoms with Gasteiger partial charge in [-0.25, -0.2) is 0 Å². The van der Waals surface area contributed by atoms with E-state index in [1.54, 1.807) is 6.92 Å². The van der Waals surface area contributed by atoms with Gasteiger partial charge in [-0.15, -0.1) is 0 Å². The standard InChI is InChI=1S/C17H15F13O/c1-3-9-5-4-6-10(7-9)11(31)8(2)12(18,19)13(20,21)14(22,23)15(24,25)16(26,27)17(28,29)30/h4-8,11,31H,3H2,1-2H3. The van der Waals surface area contributed by atoms with Crippen molar-refractivity contribution < 1.29 is 62.2 Å². The van der Waals surface area contributed by atoms with Crippen LogP contribution >= 0.6 is 0 Å². The zero-order valence-electron chi connectivity index (χ0n) is 15.5. The van der Waals surface area contributed by atoms with Gasteiger partial charge in [0, 0.05) is 0 Å². The average molecular weight is 482 g/mol. The highest BCUT2D eigenvalue weighted by Gasteiger charge is 2.91. The van der Waals surface area contributed by atoms with Crippen molar-refractivity contribution in [3.8, 4) is 0 Å². The van der Waals surface area contributed by atoms with E-state index in [2.05, 4.69) is 0 Å². The second kappa shape index (κ2) is 8.00. The molecule has 1 aromatic rings. The molecule has 0 spiro atoms. The Hall–Kier alpha value is -1.73. The van der Waals surface area contributed by atoms with E-state index in [4.69, 9.17) is 0 Å². The van der Waals surface area contributed by atoms with Crippen molar-refractivity contribution in [2.24, 2.45) is 5.92 Å². The fourth-order valence-electron chi connectivity index (χ4n) is 2.55. The molecule has 0 radical (unpaired) electrons. The van der Waals surface area contributed by atoms with Gasteiger partial charge in [0.1, 0.15) is 0 Å². The van der Waals surface area contributed by atoms with Crippen LogP contribution in [0.15, 0.2) is 24.3 Å². The number of hydrogen-bond donors (Lipinski definition) is 1. The SMILES string of the molecule is CCc1cccc(C(O)C(C)C(F)(F)C(F)(F)C(F)(F)C(F)(F)C(F)(F)C(F)(F)F)c1. The highest BCUT2D eigenvalue weighted by molar-refractivity contribution is 5.26. The summed E-state index contributed by atoms with van der Waals surface area (Å²) in [6.45, 7) is 1.58. The van der Waals surface area contributed by atoms with Crippen molar-refractivity contribution in [1.29, 1.82) is 0 Å². The van der Waals surface area contributed by atoms with Gasteiger partial charge in [0.2, 0.25) is 0 Å². The molecular weight excluding hydrogens is 467 g/mol. The van der Waals surface area contributed by atoms with Gasteiger partial charge in [0.15, 0.2) is 0 Å². The van der Waals surface area contributed by atoms with Gasteiger partial charge in [-0.05, 0) is 17.5 Å². The summed E-state index contributed by atoms with van der Waals surface area (Å²) < 4.78 is 172. The molecule has 0 aromatic heterocycles. The van der Waals surface area contributed by atoms with Crippen LogP contribution in [-0.2, 0) is 6.42 Å². The Morgan fingerprint density at radius 1 is 0.742 bits per heavy atom. The first-order valence-electron chi connectivity index (χ1n) is 8.34. The van der Waals surface area contributed by atoms with E-state index >= 15 is 0 Å². The van der Waals surface area contributed by atoms with Crippen LogP contribution in [0.25, 0.3) is 0 Å². The van der Waals surface area contributed by atoms with Crippen molar-refractivity contribution in [3.05, 3.63) is 35.4 Å². The number of aliphatic hydroxyl groups is 1. The normalized spacial score (nSPS) is 16.9. The summed E-state index contributed by atoms with van der Waals surface area (Å²) in [6.07, 6.45) is -9.91. The van der Waals surface area contributed by atoms with E-state index < -0.39 is 53.4 Å². The maximum atomic E-state index is 14.2. The third-order valence-electron chi connectivity index (χ3n) is 4.70. The van der Waals surface area contributed by atoms with E-state index in [0.717, 1.165) is 18.2 Å². The molecule has 0 saturated heterocycles. The molecule has 1 nitrogen and oxygen atoms in total. The Morgan fingerprint density at radius 2 is 1.19 bits per heavy atom. The molecule has 0 amide bonds. The summed E-state index contributed by atoms with van der Waals surface area (Å²) in [4.78, 5) is 0. The molecule has 0 fully saturated rings. The van der Waals surface area contributed by atoms with Crippen molar-refractivity contribution in [2.75, 3.05) is 0 Å². The third kappa shape index (κ3) is 4.07. The zero-order chi connectivity index (χ0) is 24.8. The fourth-order valence-corrected chi connectivity index (χ4v) is 2.55. The van der Waals surface area contributed by atoms with Crippen LogP contribution in [0, 0.1) is 5.92 Å². The monoisotopic (exact) mass is 482 g/mol. The zero-order valence-corrected chi connectivity index (χ0v) is 15.5. The van der Waals surface area contributed by atoms with Gasteiger partial charge in [0.25, 0.3) is 0 Å². The number of aliphatic hydroxyl groups excluding tert-OH is 1. The second-order valence-electron chi connectivity index (χ2n) is 6.75. The maximum Gasteiger partial charge on any atom is 0.460 e. The van der Waals surface area contributed by atoms with Gasteiger partial charge in [-0.1, -0.05) is 38.1 Å². The van der Waals surface area contributed by atoms with Crippen LogP contribution < -0.4 is 0 Å². The lowest BCUT2D eigenvalue weighted by Gasteiger charge is -2.42. The first kappa shape index (κ1) is 27.3. The Kier molecular flexibility index (Phi) is 7.04. The molecule has 0 aliphatic heterocycles. The quantitative estimate of drug-likeness (QED) is 0.411. The first-order valence-corrected chi connectivity index (χ1v) is 8.34. The predicted octanol–water partition coefficient (Wildman–Crippen LogP) is 6.66. The smallest absolute Gasteiger partial charge is 0.388 e. The van der Waals surface area contributed by atoms with E-state index in [1.807, 2.05) is 0 Å². The van der Waals surface area contributed by atoms with Gasteiger partial charge in [-0.2, -0.15) is 57.1 Å². The summed E-state index contributed by atoms with van der Waals surface area (Å²) in [5.41, 5.74) is -0.168. The summed E-state index contributed by atoms with van der Waals surface area (Å²) >= 11 is 0. The minimum absolute atomic E-state index is 0.0212. The molecule has 0 aliphatic rings. The lowest BCUT2D eigenvalue weighted by molar-refractivity contribution is -0.444. The van der Waals surface area contributed by atoms with E-state index in [0.29, 0.717) is 5.56 Å². The number of hydrogen-bond acceptors (Lipinski definition) is 1. The van der Waals surface area contributed by atoms with Crippen molar-refractivity contribution >= 4 is 0 Å². The van der Waals surface area contributed by atoms with Crippen molar-refractivity contribution in [1.82, 2.24) is 0 Å². The first-order chi connectivity index (χ1) is 13.6. The summed E-state index contributed by atoms with van der Waals surface area (Å²) in [5.74, 6) is -40.7. The van der Waals surface area contributed by atoms with Crippen LogP contribution in [0.4, 0.5) is 57.1 Å². The molecule has 1 rings (SSSR count). The Bertz CT molecular complexity index is 770.